The van der Waals surface area contributed by atoms with Gasteiger partial charge in [0.2, 0.25) is 11.9 Å². The predicted molar refractivity (Wildman–Crippen MR) is 158 cm³/mol. The highest BCUT2D eigenvalue weighted by Crippen LogP contribution is 2.33. The van der Waals surface area contributed by atoms with Crippen molar-refractivity contribution >= 4 is 40.1 Å². The van der Waals surface area contributed by atoms with E-state index in [0.29, 0.717) is 35.6 Å². The second-order valence-electron chi connectivity index (χ2n) is 10.3. The third-order valence-corrected chi connectivity index (χ3v) is 7.22. The minimum absolute atomic E-state index is 0.00354. The van der Waals surface area contributed by atoms with Crippen LogP contribution in [0.4, 0.5) is 23.3 Å². The first-order chi connectivity index (χ1) is 19.8. The van der Waals surface area contributed by atoms with E-state index in [2.05, 4.69) is 35.6 Å². The maximum Gasteiger partial charge on any atom is 0.238 e. The number of para-hydroxylation sites is 1. The van der Waals surface area contributed by atoms with Crippen LogP contribution in [0.25, 0.3) is 22.2 Å². The third-order valence-electron chi connectivity index (χ3n) is 7.22. The maximum absolute atomic E-state index is 13.0. The Kier molecular flexibility index (Phi) is 6.98. The van der Waals surface area contributed by atoms with Crippen LogP contribution in [0.5, 0.6) is 5.75 Å². The van der Waals surface area contributed by atoms with Crippen LogP contribution in [-0.4, -0.2) is 66.3 Å². The number of nitrogens with two attached hydrogens (primary N) is 1. The molecule has 5 heterocycles. The standard InChI is InChI=1S/C29H32N10O2/c1-17-13-33-29(35-25-11-18(2)38(3)37-25)36-27(17)22-14-32-28-21(22)5-4-6-23(28)34-26(40)16-39-10-8-20(15-39)41-19-7-9-31-24(30)12-19/h4-7,9,11-14,20,32H,8,10,15-16H2,1-3H3,(H2,30,31)(H,34,40)(H,33,35,36,37). The number of amides is 1. The zero-order chi connectivity index (χ0) is 28.5. The van der Waals surface area contributed by atoms with Crippen LogP contribution in [0.2, 0.25) is 0 Å². The van der Waals surface area contributed by atoms with Gasteiger partial charge >= 0.3 is 0 Å². The van der Waals surface area contributed by atoms with Gasteiger partial charge in [-0.25, -0.2) is 15.0 Å². The summed E-state index contributed by atoms with van der Waals surface area (Å²) in [4.78, 5) is 31.7. The zero-order valence-corrected chi connectivity index (χ0v) is 23.2. The molecule has 0 spiro atoms. The monoisotopic (exact) mass is 552 g/mol. The number of nitrogen functional groups attached to an aromatic ring is 1. The fourth-order valence-electron chi connectivity index (χ4n) is 5.09. The van der Waals surface area contributed by atoms with E-state index in [1.807, 2.05) is 51.4 Å². The van der Waals surface area contributed by atoms with Crippen molar-refractivity contribution in [1.29, 1.82) is 0 Å². The molecule has 12 heteroatoms. The van der Waals surface area contributed by atoms with Crippen LogP contribution in [0.3, 0.4) is 0 Å². The fourth-order valence-corrected chi connectivity index (χ4v) is 5.09. The molecule has 4 aromatic heterocycles. The summed E-state index contributed by atoms with van der Waals surface area (Å²) in [5.74, 6) is 2.17. The molecule has 1 aromatic carbocycles. The molecule has 12 nitrogen and oxygen atoms in total. The average molecular weight is 553 g/mol. The Morgan fingerprint density at radius 1 is 1.22 bits per heavy atom. The average Bonchev–Trinajstić information content (AvgIpc) is 3.64. The van der Waals surface area contributed by atoms with Gasteiger partial charge in [0.1, 0.15) is 17.7 Å². The van der Waals surface area contributed by atoms with Crippen molar-refractivity contribution in [2.45, 2.75) is 26.4 Å². The summed E-state index contributed by atoms with van der Waals surface area (Å²) in [6, 6.07) is 11.3. The summed E-state index contributed by atoms with van der Waals surface area (Å²) in [5, 5.41) is 11.7. The van der Waals surface area contributed by atoms with Crippen molar-refractivity contribution in [3.8, 4) is 17.0 Å². The Morgan fingerprint density at radius 2 is 2.10 bits per heavy atom. The summed E-state index contributed by atoms with van der Waals surface area (Å²) in [6.45, 7) is 5.67. The highest BCUT2D eigenvalue weighted by Gasteiger charge is 2.26. The Morgan fingerprint density at radius 3 is 2.90 bits per heavy atom. The van der Waals surface area contributed by atoms with Crippen LogP contribution in [-0.2, 0) is 11.8 Å². The first kappa shape index (κ1) is 26.3. The molecular formula is C29H32N10O2. The molecule has 1 fully saturated rings. The number of ether oxygens (including phenoxy) is 1. The molecular weight excluding hydrogens is 520 g/mol. The van der Waals surface area contributed by atoms with Crippen molar-refractivity contribution < 1.29 is 9.53 Å². The van der Waals surface area contributed by atoms with Crippen molar-refractivity contribution in [3.63, 3.8) is 0 Å². The van der Waals surface area contributed by atoms with Gasteiger partial charge in [0.05, 0.1) is 23.4 Å². The van der Waals surface area contributed by atoms with Crippen LogP contribution >= 0.6 is 0 Å². The van der Waals surface area contributed by atoms with Crippen LogP contribution in [0.15, 0.2) is 55.0 Å². The highest BCUT2D eigenvalue weighted by atomic mass is 16.5. The molecule has 1 amide bonds. The molecule has 0 aliphatic carbocycles. The van der Waals surface area contributed by atoms with Gasteiger partial charge in [-0.3, -0.25) is 14.4 Å². The van der Waals surface area contributed by atoms with Gasteiger partial charge in [0.25, 0.3) is 0 Å². The molecule has 5 N–H and O–H groups in total. The summed E-state index contributed by atoms with van der Waals surface area (Å²) >= 11 is 0. The first-order valence-electron chi connectivity index (χ1n) is 13.4. The molecule has 5 aromatic rings. The largest absolute Gasteiger partial charge is 0.489 e. The second kappa shape index (κ2) is 10.9. The lowest BCUT2D eigenvalue weighted by atomic mass is 10.1. The predicted octanol–water partition coefficient (Wildman–Crippen LogP) is 3.79. The number of aromatic nitrogens is 6. The third kappa shape index (κ3) is 5.68. The molecule has 1 aliphatic rings. The number of pyridine rings is 1. The molecule has 41 heavy (non-hydrogen) atoms. The van der Waals surface area contributed by atoms with Gasteiger partial charge in [0.15, 0.2) is 5.82 Å². The number of benzene rings is 1. The number of hydrogen-bond acceptors (Lipinski definition) is 9. The molecule has 0 radical (unpaired) electrons. The lowest BCUT2D eigenvalue weighted by molar-refractivity contribution is -0.117. The number of H-pyrrole nitrogens is 1. The Balaban J connectivity index is 1.14. The van der Waals surface area contributed by atoms with E-state index in [0.717, 1.165) is 46.4 Å². The number of fused-ring (bicyclic) bond motifs is 1. The number of aromatic amines is 1. The molecule has 1 aliphatic heterocycles. The summed E-state index contributed by atoms with van der Waals surface area (Å²) < 4.78 is 7.82. The van der Waals surface area contributed by atoms with E-state index in [4.69, 9.17) is 15.5 Å². The van der Waals surface area contributed by atoms with E-state index in [1.165, 1.54) is 0 Å². The zero-order valence-electron chi connectivity index (χ0n) is 23.2. The minimum atomic E-state index is -0.0854. The number of likely N-dealkylation sites (tertiary alicyclic amines) is 1. The molecule has 0 saturated carbocycles. The smallest absolute Gasteiger partial charge is 0.238 e. The lowest BCUT2D eigenvalue weighted by Crippen LogP contribution is -2.33. The minimum Gasteiger partial charge on any atom is -0.489 e. The van der Waals surface area contributed by atoms with Crippen molar-refractivity contribution in [2.75, 3.05) is 36.0 Å². The summed E-state index contributed by atoms with van der Waals surface area (Å²) in [6.07, 6.45) is 6.17. The Bertz CT molecular complexity index is 1710. The van der Waals surface area contributed by atoms with Gasteiger partial charge in [-0.05, 0) is 38.0 Å². The number of carbonyl (C=O) groups excluding carboxylic acids is 1. The number of nitrogens with zero attached hydrogens (tertiary/aromatic N) is 6. The number of carbonyl (C=O) groups is 1. The van der Waals surface area contributed by atoms with Crippen molar-refractivity contribution in [2.24, 2.45) is 7.05 Å². The van der Waals surface area contributed by atoms with Crippen LogP contribution in [0, 0.1) is 13.8 Å². The van der Waals surface area contributed by atoms with Gasteiger partial charge in [-0.15, -0.1) is 0 Å². The lowest BCUT2D eigenvalue weighted by Gasteiger charge is -2.17. The molecule has 6 rings (SSSR count). The SMILES string of the molecule is Cc1cnc(Nc2cc(C)n(C)n2)nc1-c1c[nH]c2c(NC(=O)CN3CCC(Oc4ccnc(N)c4)C3)cccc12. The fraction of sp³-hybridized carbons (Fsp3) is 0.276. The van der Waals surface area contributed by atoms with Gasteiger partial charge in [-0.1, -0.05) is 12.1 Å². The Hall–Kier alpha value is -4.97. The molecule has 1 saturated heterocycles. The Labute approximate surface area is 237 Å². The second-order valence-corrected chi connectivity index (χ2v) is 10.3. The van der Waals surface area contributed by atoms with Crippen LogP contribution in [0.1, 0.15) is 17.7 Å². The van der Waals surface area contributed by atoms with Crippen molar-refractivity contribution in [3.05, 3.63) is 66.2 Å². The van der Waals surface area contributed by atoms with Crippen LogP contribution < -0.4 is 21.1 Å². The number of rotatable bonds is 8. The van der Waals surface area contributed by atoms with Gasteiger partial charge in [-0.2, -0.15) is 5.10 Å². The number of anilines is 4. The maximum atomic E-state index is 13.0. The first-order valence-corrected chi connectivity index (χ1v) is 13.4. The quantitative estimate of drug-likeness (QED) is 0.225. The number of aryl methyl sites for hydroxylation is 3. The number of nitrogens with one attached hydrogen (secondary N) is 3. The highest BCUT2D eigenvalue weighted by molar-refractivity contribution is 6.06. The summed E-state index contributed by atoms with van der Waals surface area (Å²) in [5.41, 5.74) is 11.0. The van der Waals surface area contributed by atoms with E-state index in [1.54, 1.807) is 29.2 Å². The van der Waals surface area contributed by atoms with E-state index < -0.39 is 0 Å². The molecule has 0 bridgehead atoms. The molecule has 1 unspecified atom stereocenters. The topological polar surface area (TPSA) is 152 Å². The van der Waals surface area contributed by atoms with Gasteiger partial charge in [0, 0.05) is 67.5 Å². The molecule has 1 atom stereocenters. The molecule has 210 valence electrons. The van der Waals surface area contributed by atoms with Crippen molar-refractivity contribution in [1.82, 2.24) is 34.6 Å². The number of hydrogen-bond donors (Lipinski definition) is 4. The van der Waals surface area contributed by atoms with Gasteiger partial charge < -0.3 is 26.1 Å². The summed E-state index contributed by atoms with van der Waals surface area (Å²) in [7, 11) is 1.89. The normalized spacial score (nSPS) is 15.3. The van der Waals surface area contributed by atoms with E-state index >= 15 is 0 Å². The van der Waals surface area contributed by atoms with E-state index in [9.17, 15) is 4.79 Å². The van der Waals surface area contributed by atoms with E-state index in [-0.39, 0.29) is 18.6 Å².